The Balaban J connectivity index is 1.79. The molecule has 0 bridgehead atoms. The van der Waals surface area contributed by atoms with Crippen LogP contribution in [0.25, 0.3) is 0 Å². The molecule has 0 aromatic carbocycles. The van der Waals surface area contributed by atoms with Gasteiger partial charge in [0.1, 0.15) is 17.6 Å². The zero-order valence-corrected chi connectivity index (χ0v) is 16.0. The number of nitrogens with zero attached hydrogens (tertiary/aromatic N) is 4. The number of allylic oxidation sites excluding steroid dienone is 1. The second-order valence-corrected chi connectivity index (χ2v) is 7.36. The molecule has 2 aliphatic heterocycles. The molecule has 11 heteroatoms. The van der Waals surface area contributed by atoms with Gasteiger partial charge in [0.05, 0.1) is 17.8 Å². The molecule has 3 heterocycles. The van der Waals surface area contributed by atoms with Gasteiger partial charge in [-0.05, 0) is 20.3 Å². The lowest BCUT2D eigenvalue weighted by atomic mass is 10.0. The minimum Gasteiger partial charge on any atom is -0.374 e. The van der Waals surface area contributed by atoms with Crippen molar-refractivity contribution in [1.82, 2.24) is 25.3 Å². The first-order valence-electron chi connectivity index (χ1n) is 9.09. The smallest absolute Gasteiger partial charge is 0.374 e. The molecular weight excluding hydrogens is 378 g/mol. The number of piperidine rings is 1. The zero-order chi connectivity index (χ0) is 20.7. The Morgan fingerprint density at radius 3 is 2.68 bits per heavy atom. The van der Waals surface area contributed by atoms with E-state index in [1.54, 1.807) is 6.20 Å². The van der Waals surface area contributed by atoms with Crippen LogP contribution in [-0.4, -0.2) is 59.4 Å². The Morgan fingerprint density at radius 2 is 2.11 bits per heavy atom. The molecule has 1 saturated heterocycles. The van der Waals surface area contributed by atoms with Crippen molar-refractivity contribution in [2.45, 2.75) is 50.5 Å². The van der Waals surface area contributed by atoms with Gasteiger partial charge in [-0.2, -0.15) is 18.3 Å². The van der Waals surface area contributed by atoms with Crippen molar-refractivity contribution in [3.8, 4) is 0 Å². The Labute approximate surface area is 160 Å². The minimum atomic E-state index is -4.58. The summed E-state index contributed by atoms with van der Waals surface area (Å²) in [5.74, 6) is -1.91. The summed E-state index contributed by atoms with van der Waals surface area (Å²) in [6.07, 6.45) is -1.47. The number of hydrogen-bond acceptors (Lipinski definition) is 6. The summed E-state index contributed by atoms with van der Waals surface area (Å²) in [7, 11) is 1.35. The summed E-state index contributed by atoms with van der Waals surface area (Å²) in [6, 6.07) is -0.194. The van der Waals surface area contributed by atoms with Gasteiger partial charge in [0.2, 0.25) is 5.79 Å². The van der Waals surface area contributed by atoms with E-state index in [9.17, 15) is 17.6 Å². The van der Waals surface area contributed by atoms with Crippen LogP contribution < -0.4 is 16.4 Å². The Bertz CT molecular complexity index is 770. The topological polar surface area (TPSA) is 83.5 Å². The molecule has 1 aromatic heterocycles. The number of alkyl halides is 4. The third-order valence-electron chi connectivity index (χ3n) is 5.19. The monoisotopic (exact) mass is 403 g/mol. The molecule has 0 radical (unpaired) electrons. The van der Waals surface area contributed by atoms with Crippen LogP contribution in [0.15, 0.2) is 28.8 Å². The third kappa shape index (κ3) is 3.86. The van der Waals surface area contributed by atoms with E-state index in [-0.39, 0.29) is 11.9 Å². The average Bonchev–Trinajstić information content (AvgIpc) is 3.11. The maximum absolute atomic E-state index is 14.7. The van der Waals surface area contributed by atoms with Crippen LogP contribution in [0.1, 0.15) is 31.9 Å². The molecule has 1 unspecified atom stereocenters. The number of halogens is 4. The minimum absolute atomic E-state index is 0.259. The molecule has 0 aliphatic carbocycles. The molecule has 4 N–H and O–H groups in total. The SMILES string of the molecule is CNC1=C(C(F)(F)F)C=NC(N)(c2cnn([C@@H]3CCN(C(C)C)C[C@H]3F)c2)N1. The van der Waals surface area contributed by atoms with Crippen molar-refractivity contribution in [2.24, 2.45) is 10.7 Å². The summed E-state index contributed by atoms with van der Waals surface area (Å²) in [5, 5.41) is 9.24. The summed E-state index contributed by atoms with van der Waals surface area (Å²) >= 11 is 0. The lowest BCUT2D eigenvalue weighted by Crippen LogP contribution is -2.53. The highest BCUT2D eigenvalue weighted by atomic mass is 19.4. The fourth-order valence-electron chi connectivity index (χ4n) is 3.48. The highest BCUT2D eigenvalue weighted by Gasteiger charge is 2.42. The van der Waals surface area contributed by atoms with Crippen LogP contribution in [0.3, 0.4) is 0 Å². The molecule has 2 aliphatic rings. The molecule has 0 spiro atoms. The van der Waals surface area contributed by atoms with Crippen LogP contribution in [0.2, 0.25) is 0 Å². The standard InChI is InChI=1S/C17H25F4N7/c1-10(2)27-5-4-14(13(18)9-27)28-8-11(6-25-28)17(22)24-7-12(16(19,20)21)15(23-3)26-17/h6-8,10,13-14,23,26H,4-5,9,22H2,1-3H3/t13-,14-,17?/m1/s1. The van der Waals surface area contributed by atoms with E-state index < -0.39 is 29.7 Å². The van der Waals surface area contributed by atoms with E-state index in [1.807, 2.05) is 13.8 Å². The van der Waals surface area contributed by atoms with Gasteiger partial charge in [-0.15, -0.1) is 0 Å². The predicted octanol–water partition coefficient (Wildman–Crippen LogP) is 1.61. The second-order valence-electron chi connectivity index (χ2n) is 7.36. The van der Waals surface area contributed by atoms with Crippen molar-refractivity contribution >= 4 is 6.21 Å². The molecule has 156 valence electrons. The largest absolute Gasteiger partial charge is 0.421 e. The molecule has 0 amide bonds. The predicted molar refractivity (Wildman–Crippen MR) is 97.1 cm³/mol. The quantitative estimate of drug-likeness (QED) is 0.666. The fourth-order valence-corrected chi connectivity index (χ4v) is 3.48. The first kappa shape index (κ1) is 20.6. The molecule has 1 aromatic rings. The molecule has 7 nitrogen and oxygen atoms in total. The van der Waals surface area contributed by atoms with Crippen LogP contribution in [0.5, 0.6) is 0 Å². The van der Waals surface area contributed by atoms with Crippen molar-refractivity contribution in [3.05, 3.63) is 29.4 Å². The number of nitrogens with one attached hydrogen (secondary N) is 2. The van der Waals surface area contributed by atoms with Gasteiger partial charge in [-0.25, -0.2) is 9.38 Å². The summed E-state index contributed by atoms with van der Waals surface area (Å²) < 4.78 is 55.4. The first-order chi connectivity index (χ1) is 13.0. The molecule has 1 fully saturated rings. The maximum Gasteiger partial charge on any atom is 0.421 e. The number of likely N-dealkylation sites (tertiary alicyclic amines) is 1. The molecule has 3 rings (SSSR count). The van der Waals surface area contributed by atoms with E-state index in [1.165, 1.54) is 17.9 Å². The van der Waals surface area contributed by atoms with Crippen LogP contribution in [0, 0.1) is 0 Å². The van der Waals surface area contributed by atoms with Gasteiger partial charge in [0.15, 0.2) is 0 Å². The van der Waals surface area contributed by atoms with Gasteiger partial charge in [-0.3, -0.25) is 15.3 Å². The van der Waals surface area contributed by atoms with Crippen molar-refractivity contribution in [3.63, 3.8) is 0 Å². The van der Waals surface area contributed by atoms with Gasteiger partial charge >= 0.3 is 6.18 Å². The number of aromatic nitrogens is 2. The average molecular weight is 403 g/mol. The summed E-state index contributed by atoms with van der Waals surface area (Å²) in [6.45, 7) is 5.09. The number of rotatable bonds is 4. The van der Waals surface area contributed by atoms with Crippen LogP contribution in [-0.2, 0) is 5.79 Å². The first-order valence-corrected chi connectivity index (χ1v) is 9.09. The van der Waals surface area contributed by atoms with Crippen LogP contribution in [0.4, 0.5) is 17.6 Å². The lowest BCUT2D eigenvalue weighted by Gasteiger charge is -2.37. The summed E-state index contributed by atoms with van der Waals surface area (Å²) in [5.41, 5.74) is 5.58. The van der Waals surface area contributed by atoms with E-state index >= 15 is 0 Å². The second kappa shape index (κ2) is 7.36. The number of hydrogen-bond donors (Lipinski definition) is 3. The zero-order valence-electron chi connectivity index (χ0n) is 16.0. The van der Waals surface area contributed by atoms with Crippen molar-refractivity contribution in [2.75, 3.05) is 20.1 Å². The van der Waals surface area contributed by atoms with Gasteiger partial charge in [0, 0.05) is 38.6 Å². The van der Waals surface area contributed by atoms with E-state index in [0.29, 0.717) is 24.7 Å². The Hall–Kier alpha value is -2.14. The third-order valence-corrected chi connectivity index (χ3v) is 5.19. The molecular formula is C17H25F4N7. The molecule has 28 heavy (non-hydrogen) atoms. The van der Waals surface area contributed by atoms with E-state index in [2.05, 4.69) is 25.6 Å². The maximum atomic E-state index is 14.7. The molecule has 0 saturated carbocycles. The van der Waals surface area contributed by atoms with E-state index in [0.717, 1.165) is 6.54 Å². The lowest BCUT2D eigenvalue weighted by molar-refractivity contribution is -0.0875. The van der Waals surface area contributed by atoms with Crippen molar-refractivity contribution < 1.29 is 17.6 Å². The van der Waals surface area contributed by atoms with Crippen molar-refractivity contribution in [1.29, 1.82) is 0 Å². The number of nitrogens with two attached hydrogens (primary N) is 1. The molecule has 3 atom stereocenters. The highest BCUT2D eigenvalue weighted by molar-refractivity contribution is 5.82. The van der Waals surface area contributed by atoms with Gasteiger partial charge in [-0.1, -0.05) is 0 Å². The Kier molecular flexibility index (Phi) is 5.41. The van der Waals surface area contributed by atoms with E-state index in [4.69, 9.17) is 5.73 Å². The van der Waals surface area contributed by atoms with Gasteiger partial charge in [0.25, 0.3) is 0 Å². The summed E-state index contributed by atoms with van der Waals surface area (Å²) in [4.78, 5) is 5.92. The number of aliphatic imine (C=N–C) groups is 1. The highest BCUT2D eigenvalue weighted by Crippen LogP contribution is 2.32. The normalized spacial score (nSPS) is 29.3. The fraction of sp³-hybridized carbons (Fsp3) is 0.647. The van der Waals surface area contributed by atoms with Gasteiger partial charge < -0.3 is 10.6 Å². The van der Waals surface area contributed by atoms with Crippen LogP contribution >= 0.6 is 0 Å². The Morgan fingerprint density at radius 1 is 1.39 bits per heavy atom.